The Labute approximate surface area is 159 Å². The van der Waals surface area contributed by atoms with Crippen molar-refractivity contribution in [2.24, 2.45) is 5.73 Å². The maximum atomic E-state index is 5.99. The van der Waals surface area contributed by atoms with E-state index in [2.05, 4.69) is 9.88 Å². The lowest BCUT2D eigenvalue weighted by Crippen LogP contribution is -2.38. The van der Waals surface area contributed by atoms with E-state index in [1.807, 2.05) is 30.3 Å². The van der Waals surface area contributed by atoms with Crippen LogP contribution in [0.1, 0.15) is 0 Å². The van der Waals surface area contributed by atoms with E-state index in [0.29, 0.717) is 25.5 Å². The number of nitrogens with zero attached hydrogens (tertiary/aromatic N) is 2. The molecule has 0 bridgehead atoms. The van der Waals surface area contributed by atoms with Crippen LogP contribution in [0.2, 0.25) is 0 Å². The molecule has 7 nitrogen and oxygen atoms in total. The Kier molecular flexibility index (Phi) is 5.72. The molecule has 144 valence electrons. The predicted octanol–water partition coefficient (Wildman–Crippen LogP) is 1.56. The lowest BCUT2D eigenvalue weighted by atomic mass is 10.1. The Morgan fingerprint density at radius 1 is 1.19 bits per heavy atom. The normalized spacial score (nSPS) is 19.7. The summed E-state index contributed by atoms with van der Waals surface area (Å²) in [5.74, 6) is 2.19. The largest absolute Gasteiger partial charge is 0.491 e. The van der Waals surface area contributed by atoms with Gasteiger partial charge in [-0.15, -0.1) is 0 Å². The van der Waals surface area contributed by atoms with Gasteiger partial charge in [-0.2, -0.15) is 0 Å². The zero-order chi connectivity index (χ0) is 18.5. The number of aromatic nitrogens is 1. The minimum absolute atomic E-state index is 0.138. The Balaban J connectivity index is 1.40. The summed E-state index contributed by atoms with van der Waals surface area (Å²) in [7, 11) is 0. The quantitative estimate of drug-likeness (QED) is 0.825. The van der Waals surface area contributed by atoms with E-state index in [9.17, 15) is 0 Å². The maximum Gasteiger partial charge on any atom is 0.171 e. The van der Waals surface area contributed by atoms with Gasteiger partial charge in [-0.1, -0.05) is 6.07 Å². The van der Waals surface area contributed by atoms with Crippen LogP contribution in [-0.4, -0.2) is 68.6 Å². The Bertz CT molecular complexity index is 747. The number of ether oxygens (including phenoxy) is 4. The third kappa shape index (κ3) is 4.32. The van der Waals surface area contributed by atoms with E-state index in [4.69, 9.17) is 24.7 Å². The molecule has 0 radical (unpaired) electrons. The second kappa shape index (κ2) is 8.56. The van der Waals surface area contributed by atoms with Crippen LogP contribution in [0, 0.1) is 0 Å². The molecule has 2 aromatic rings. The van der Waals surface area contributed by atoms with Gasteiger partial charge in [-0.25, -0.2) is 0 Å². The van der Waals surface area contributed by atoms with Crippen LogP contribution < -0.4 is 19.9 Å². The molecule has 1 fully saturated rings. The molecule has 2 N–H and O–H groups in total. The average molecular weight is 371 g/mol. The van der Waals surface area contributed by atoms with E-state index in [-0.39, 0.29) is 6.10 Å². The molecule has 7 heteroatoms. The van der Waals surface area contributed by atoms with Crippen molar-refractivity contribution in [1.29, 1.82) is 0 Å². The zero-order valence-corrected chi connectivity index (χ0v) is 15.3. The number of benzene rings is 1. The van der Waals surface area contributed by atoms with Crippen LogP contribution >= 0.6 is 0 Å². The zero-order valence-electron chi connectivity index (χ0n) is 15.3. The summed E-state index contributed by atoms with van der Waals surface area (Å²) >= 11 is 0. The van der Waals surface area contributed by atoms with Gasteiger partial charge >= 0.3 is 0 Å². The Morgan fingerprint density at radius 2 is 2.07 bits per heavy atom. The molecule has 0 amide bonds. The number of nitrogens with two attached hydrogens (primary N) is 1. The summed E-state index contributed by atoms with van der Waals surface area (Å²) in [5.41, 5.74) is 7.43. The van der Waals surface area contributed by atoms with Gasteiger partial charge in [-0.05, 0) is 24.3 Å². The molecular formula is C20H25N3O4. The molecule has 0 spiro atoms. The highest BCUT2D eigenvalue weighted by Crippen LogP contribution is 2.40. The molecule has 2 aliphatic rings. The van der Waals surface area contributed by atoms with Crippen molar-refractivity contribution in [3.05, 3.63) is 36.5 Å². The molecule has 1 atom stereocenters. The summed E-state index contributed by atoms with van der Waals surface area (Å²) in [5, 5.41) is 0. The average Bonchev–Trinajstić information content (AvgIpc) is 2.74. The standard InChI is InChI=1S/C20H25N3O4/c21-12-16-14-26-19-3-1-2-17(20(19)27-16)18-5-4-15(13-22-18)25-11-8-23-6-9-24-10-7-23/h1-5,13,16H,6-12,14,21H2. The topological polar surface area (TPSA) is 79.1 Å². The molecule has 2 aliphatic heterocycles. The van der Waals surface area contributed by atoms with E-state index < -0.39 is 0 Å². The van der Waals surface area contributed by atoms with E-state index in [0.717, 1.165) is 55.6 Å². The van der Waals surface area contributed by atoms with Crippen molar-refractivity contribution in [1.82, 2.24) is 9.88 Å². The summed E-state index contributed by atoms with van der Waals surface area (Å²) in [6, 6.07) is 9.69. The maximum absolute atomic E-state index is 5.99. The van der Waals surface area contributed by atoms with Crippen molar-refractivity contribution in [2.75, 3.05) is 52.6 Å². The predicted molar refractivity (Wildman–Crippen MR) is 101 cm³/mol. The summed E-state index contributed by atoms with van der Waals surface area (Å²) in [6.45, 7) is 5.94. The highest BCUT2D eigenvalue weighted by atomic mass is 16.6. The van der Waals surface area contributed by atoms with Crippen LogP contribution in [0.4, 0.5) is 0 Å². The molecule has 1 saturated heterocycles. The highest BCUT2D eigenvalue weighted by Gasteiger charge is 2.23. The second-order valence-corrected chi connectivity index (χ2v) is 6.60. The van der Waals surface area contributed by atoms with Gasteiger partial charge in [0.15, 0.2) is 11.5 Å². The van der Waals surface area contributed by atoms with E-state index in [1.54, 1.807) is 6.20 Å². The fourth-order valence-corrected chi connectivity index (χ4v) is 3.19. The second-order valence-electron chi connectivity index (χ2n) is 6.60. The van der Waals surface area contributed by atoms with Gasteiger partial charge in [0.05, 0.1) is 25.1 Å². The van der Waals surface area contributed by atoms with Crippen LogP contribution in [-0.2, 0) is 4.74 Å². The van der Waals surface area contributed by atoms with Crippen LogP contribution in [0.3, 0.4) is 0 Å². The summed E-state index contributed by atoms with van der Waals surface area (Å²) in [4.78, 5) is 6.89. The van der Waals surface area contributed by atoms with Crippen molar-refractivity contribution in [2.45, 2.75) is 6.10 Å². The molecular weight excluding hydrogens is 346 g/mol. The van der Waals surface area contributed by atoms with Gasteiger partial charge in [0.25, 0.3) is 0 Å². The Hall–Kier alpha value is -2.35. The van der Waals surface area contributed by atoms with Crippen molar-refractivity contribution >= 4 is 0 Å². The number of hydrogen-bond donors (Lipinski definition) is 1. The lowest BCUT2D eigenvalue weighted by molar-refractivity contribution is 0.0322. The summed E-state index contributed by atoms with van der Waals surface area (Å²) in [6.07, 6.45) is 1.61. The van der Waals surface area contributed by atoms with Crippen molar-refractivity contribution < 1.29 is 18.9 Å². The van der Waals surface area contributed by atoms with Crippen molar-refractivity contribution in [3.63, 3.8) is 0 Å². The number of hydrogen-bond acceptors (Lipinski definition) is 7. The first-order valence-corrected chi connectivity index (χ1v) is 9.35. The molecule has 0 saturated carbocycles. The molecule has 0 aliphatic carbocycles. The third-order valence-corrected chi connectivity index (χ3v) is 4.74. The number of fused-ring (bicyclic) bond motifs is 1. The van der Waals surface area contributed by atoms with Gasteiger partial charge in [0.2, 0.25) is 0 Å². The molecule has 3 heterocycles. The van der Waals surface area contributed by atoms with Gasteiger partial charge in [0, 0.05) is 31.7 Å². The van der Waals surface area contributed by atoms with Gasteiger partial charge in [0.1, 0.15) is 25.1 Å². The number of para-hydroxylation sites is 1. The van der Waals surface area contributed by atoms with Gasteiger partial charge < -0.3 is 24.7 Å². The molecule has 1 aromatic carbocycles. The van der Waals surface area contributed by atoms with Gasteiger partial charge in [-0.3, -0.25) is 9.88 Å². The minimum atomic E-state index is -0.138. The first-order chi connectivity index (χ1) is 13.3. The van der Waals surface area contributed by atoms with Crippen LogP contribution in [0.25, 0.3) is 11.3 Å². The monoisotopic (exact) mass is 371 g/mol. The lowest BCUT2D eigenvalue weighted by Gasteiger charge is -2.27. The molecule has 27 heavy (non-hydrogen) atoms. The van der Waals surface area contributed by atoms with E-state index in [1.165, 1.54) is 0 Å². The fraction of sp³-hybridized carbons (Fsp3) is 0.450. The van der Waals surface area contributed by atoms with Crippen LogP contribution in [0.5, 0.6) is 17.2 Å². The number of morpholine rings is 1. The molecule has 1 unspecified atom stereocenters. The third-order valence-electron chi connectivity index (χ3n) is 4.74. The van der Waals surface area contributed by atoms with Crippen LogP contribution in [0.15, 0.2) is 36.5 Å². The van der Waals surface area contributed by atoms with E-state index >= 15 is 0 Å². The summed E-state index contributed by atoms with van der Waals surface area (Å²) < 4.78 is 22.9. The number of rotatable bonds is 6. The fourth-order valence-electron chi connectivity index (χ4n) is 3.19. The Morgan fingerprint density at radius 3 is 2.85 bits per heavy atom. The first kappa shape index (κ1) is 18.0. The highest BCUT2D eigenvalue weighted by molar-refractivity contribution is 5.71. The van der Waals surface area contributed by atoms with Crippen molar-refractivity contribution in [3.8, 4) is 28.5 Å². The smallest absolute Gasteiger partial charge is 0.171 e. The molecule has 4 rings (SSSR count). The SMILES string of the molecule is NCC1COc2cccc(-c3ccc(OCCN4CCOCC4)cn3)c2O1. The minimum Gasteiger partial charge on any atom is -0.491 e. The molecule has 1 aromatic heterocycles. The first-order valence-electron chi connectivity index (χ1n) is 9.35. The number of pyridine rings is 1.